The number of hydrogen-bond acceptors (Lipinski definition) is 7. The maximum atomic E-state index is 6.40. The topological polar surface area (TPSA) is 106 Å². The minimum atomic E-state index is -0.576. The predicted molar refractivity (Wildman–Crippen MR) is 97.9 cm³/mol. The number of piperidine rings is 1. The number of anilines is 1. The lowest BCUT2D eigenvalue weighted by Crippen LogP contribution is -2.57. The van der Waals surface area contributed by atoms with Crippen LogP contribution >= 0.6 is 11.6 Å². The predicted octanol–water partition coefficient (Wildman–Crippen LogP) is 1.40. The largest absolute Gasteiger partial charge is 0.355 e. The molecule has 0 saturated carbocycles. The van der Waals surface area contributed by atoms with Gasteiger partial charge in [0, 0.05) is 24.8 Å². The Morgan fingerprint density at radius 2 is 1.96 bits per heavy atom. The van der Waals surface area contributed by atoms with E-state index in [2.05, 4.69) is 19.9 Å². The first-order valence-corrected chi connectivity index (χ1v) is 8.67. The van der Waals surface area contributed by atoms with Gasteiger partial charge in [-0.1, -0.05) is 11.6 Å². The molecule has 0 atom stereocenters. The van der Waals surface area contributed by atoms with Crippen molar-refractivity contribution in [1.29, 1.82) is 0 Å². The van der Waals surface area contributed by atoms with E-state index >= 15 is 0 Å². The van der Waals surface area contributed by atoms with E-state index in [-0.39, 0.29) is 0 Å². The van der Waals surface area contributed by atoms with Crippen LogP contribution in [0.4, 0.5) is 5.82 Å². The molecule has 4 rings (SSSR count). The molecule has 0 aliphatic carbocycles. The van der Waals surface area contributed by atoms with Crippen LogP contribution in [0.5, 0.6) is 0 Å². The molecule has 0 spiro atoms. The average Bonchev–Trinajstić information content (AvgIpc) is 3.00. The third-order valence-electron chi connectivity index (χ3n) is 4.78. The number of halogens is 1. The lowest BCUT2D eigenvalue weighted by atomic mass is 9.99. The highest BCUT2D eigenvalue weighted by molar-refractivity contribution is 6.36. The summed E-state index contributed by atoms with van der Waals surface area (Å²) in [6, 6.07) is 1.87. The first-order chi connectivity index (χ1) is 11.9. The molecule has 2 aliphatic rings. The highest BCUT2D eigenvalue weighted by Gasteiger charge is 2.29. The number of nitrogens with two attached hydrogens (primary N) is 2. The normalized spacial score (nSPS) is 18.9. The quantitative estimate of drug-likeness (QED) is 0.787. The van der Waals surface area contributed by atoms with Gasteiger partial charge in [0.1, 0.15) is 11.5 Å². The number of nitrogens with zero attached hydrogens (tertiary/aromatic N) is 5. The van der Waals surface area contributed by atoms with Gasteiger partial charge in [-0.15, -0.1) is 0 Å². The Bertz CT molecular complexity index is 852. The number of aliphatic imine (C=N–C) groups is 1. The van der Waals surface area contributed by atoms with Crippen LogP contribution in [-0.2, 0) is 6.54 Å². The molecule has 0 aromatic carbocycles. The summed E-state index contributed by atoms with van der Waals surface area (Å²) in [5, 5.41) is 0.609. The fraction of sp³-hybridized carbons (Fsp3) is 0.412. The summed E-state index contributed by atoms with van der Waals surface area (Å²) < 4.78 is 0. The van der Waals surface area contributed by atoms with Gasteiger partial charge in [-0.05, 0) is 25.8 Å². The Kier molecular flexibility index (Phi) is 3.94. The molecule has 130 valence electrons. The van der Waals surface area contributed by atoms with E-state index in [1.807, 2.05) is 13.0 Å². The van der Waals surface area contributed by atoms with Gasteiger partial charge in [-0.25, -0.2) is 9.97 Å². The Morgan fingerprint density at radius 1 is 1.20 bits per heavy atom. The molecular formula is C17H20ClN7. The van der Waals surface area contributed by atoms with Crippen molar-refractivity contribution in [1.82, 2.24) is 15.0 Å². The van der Waals surface area contributed by atoms with Crippen molar-refractivity contribution in [2.24, 2.45) is 16.5 Å². The maximum absolute atomic E-state index is 6.40. The maximum Gasteiger partial charge on any atom is 0.147 e. The van der Waals surface area contributed by atoms with Crippen LogP contribution in [0.1, 0.15) is 35.5 Å². The standard InChI is InChI=1S/C17H20ClN7/c1-10-14(18)11(2-5-21-10)15-16-12(8-22-15)24-13(9-23-16)25-6-3-17(19,20)4-7-25/h2,5,9H,3-4,6-8,19-20H2,1H3. The third-order valence-corrected chi connectivity index (χ3v) is 5.26. The van der Waals surface area contributed by atoms with Gasteiger partial charge in [0.05, 0.1) is 40.5 Å². The van der Waals surface area contributed by atoms with Gasteiger partial charge in [0.2, 0.25) is 0 Å². The van der Waals surface area contributed by atoms with Gasteiger partial charge in [-0.3, -0.25) is 9.98 Å². The molecule has 2 aromatic heterocycles. The Morgan fingerprint density at radius 3 is 2.72 bits per heavy atom. The zero-order valence-electron chi connectivity index (χ0n) is 14.0. The molecule has 1 fully saturated rings. The van der Waals surface area contributed by atoms with Gasteiger partial charge in [-0.2, -0.15) is 0 Å². The number of aryl methyl sites for hydroxylation is 1. The van der Waals surface area contributed by atoms with Crippen LogP contribution in [0, 0.1) is 6.92 Å². The van der Waals surface area contributed by atoms with E-state index in [0.717, 1.165) is 60.1 Å². The van der Waals surface area contributed by atoms with Crippen molar-refractivity contribution in [2.45, 2.75) is 32.0 Å². The second-order valence-corrected chi connectivity index (χ2v) is 7.04. The molecule has 25 heavy (non-hydrogen) atoms. The summed E-state index contributed by atoms with van der Waals surface area (Å²) in [5.41, 5.74) is 15.5. The number of fused-ring (bicyclic) bond motifs is 1. The Labute approximate surface area is 151 Å². The van der Waals surface area contributed by atoms with Crippen molar-refractivity contribution in [3.8, 4) is 0 Å². The van der Waals surface area contributed by atoms with E-state index in [9.17, 15) is 0 Å². The van der Waals surface area contributed by atoms with E-state index < -0.39 is 5.66 Å². The van der Waals surface area contributed by atoms with Crippen LogP contribution in [0.3, 0.4) is 0 Å². The number of aromatic nitrogens is 3. The summed E-state index contributed by atoms with van der Waals surface area (Å²) >= 11 is 6.40. The van der Waals surface area contributed by atoms with E-state index in [1.165, 1.54) is 0 Å². The summed E-state index contributed by atoms with van der Waals surface area (Å²) in [6.07, 6.45) is 5.00. The van der Waals surface area contributed by atoms with Crippen molar-refractivity contribution in [3.63, 3.8) is 0 Å². The molecule has 8 heteroatoms. The summed E-state index contributed by atoms with van der Waals surface area (Å²) in [5.74, 6) is 0.850. The van der Waals surface area contributed by atoms with Crippen LogP contribution in [0.2, 0.25) is 5.02 Å². The highest BCUT2D eigenvalue weighted by Crippen LogP contribution is 2.28. The Balaban J connectivity index is 1.61. The van der Waals surface area contributed by atoms with Gasteiger partial charge >= 0.3 is 0 Å². The lowest BCUT2D eigenvalue weighted by Gasteiger charge is -2.37. The molecule has 0 radical (unpaired) electrons. The molecule has 2 aliphatic heterocycles. The first-order valence-electron chi connectivity index (χ1n) is 8.29. The van der Waals surface area contributed by atoms with Crippen LogP contribution in [0.25, 0.3) is 0 Å². The SMILES string of the molecule is Cc1nccc(C2=NCc3nc(N4CCC(N)(N)CC4)cnc32)c1Cl. The molecule has 0 bridgehead atoms. The highest BCUT2D eigenvalue weighted by atomic mass is 35.5. The second-order valence-electron chi connectivity index (χ2n) is 6.67. The van der Waals surface area contributed by atoms with E-state index in [1.54, 1.807) is 12.4 Å². The molecule has 2 aromatic rings. The molecular weight excluding hydrogens is 338 g/mol. The average molecular weight is 358 g/mol. The number of rotatable bonds is 2. The summed E-state index contributed by atoms with van der Waals surface area (Å²) in [6.45, 7) is 3.95. The smallest absolute Gasteiger partial charge is 0.147 e. The van der Waals surface area contributed by atoms with E-state index in [0.29, 0.717) is 11.6 Å². The minimum Gasteiger partial charge on any atom is -0.355 e. The fourth-order valence-corrected chi connectivity index (χ4v) is 3.40. The summed E-state index contributed by atoms with van der Waals surface area (Å²) in [4.78, 5) is 20.4. The molecule has 1 saturated heterocycles. The lowest BCUT2D eigenvalue weighted by molar-refractivity contribution is 0.344. The monoisotopic (exact) mass is 357 g/mol. The van der Waals surface area contributed by atoms with Gasteiger partial charge in [0.25, 0.3) is 0 Å². The first kappa shape index (κ1) is 16.4. The fourth-order valence-electron chi connectivity index (χ4n) is 3.20. The molecule has 4 heterocycles. The van der Waals surface area contributed by atoms with Crippen molar-refractivity contribution < 1.29 is 0 Å². The number of pyridine rings is 1. The van der Waals surface area contributed by atoms with Crippen LogP contribution in [0.15, 0.2) is 23.5 Å². The summed E-state index contributed by atoms with van der Waals surface area (Å²) in [7, 11) is 0. The van der Waals surface area contributed by atoms with Crippen LogP contribution in [-0.4, -0.2) is 39.4 Å². The zero-order chi connectivity index (χ0) is 17.6. The minimum absolute atomic E-state index is 0.509. The molecule has 4 N–H and O–H groups in total. The van der Waals surface area contributed by atoms with Crippen molar-refractivity contribution in [2.75, 3.05) is 18.0 Å². The molecule has 0 unspecified atom stereocenters. The van der Waals surface area contributed by atoms with Gasteiger partial charge < -0.3 is 16.4 Å². The second kappa shape index (κ2) is 6.01. The van der Waals surface area contributed by atoms with Crippen molar-refractivity contribution >= 4 is 23.1 Å². The Hall–Kier alpha value is -2.09. The zero-order valence-corrected chi connectivity index (χ0v) is 14.8. The number of hydrogen-bond donors (Lipinski definition) is 2. The molecule has 0 amide bonds. The van der Waals surface area contributed by atoms with Crippen LogP contribution < -0.4 is 16.4 Å². The van der Waals surface area contributed by atoms with Crippen molar-refractivity contribution in [3.05, 3.63) is 46.1 Å². The van der Waals surface area contributed by atoms with Gasteiger partial charge in [0.15, 0.2) is 0 Å². The third kappa shape index (κ3) is 2.99. The molecule has 7 nitrogen and oxygen atoms in total. The van der Waals surface area contributed by atoms with E-state index in [4.69, 9.17) is 28.1 Å².